The molecule has 0 aliphatic heterocycles. The van der Waals surface area contributed by atoms with Crippen LogP contribution >= 0.6 is 11.8 Å². The van der Waals surface area contributed by atoms with E-state index in [4.69, 9.17) is 0 Å². The molecule has 2 fully saturated rings. The van der Waals surface area contributed by atoms with Gasteiger partial charge in [-0.15, -0.1) is 16.8 Å². The van der Waals surface area contributed by atoms with Gasteiger partial charge in [0.1, 0.15) is 5.82 Å². The molecular weight excluding hydrogens is 320 g/mol. The van der Waals surface area contributed by atoms with E-state index in [-0.39, 0.29) is 5.91 Å². The lowest BCUT2D eigenvalue weighted by molar-refractivity contribution is -0.119. The molecule has 1 N–H and O–H groups in total. The van der Waals surface area contributed by atoms with Gasteiger partial charge in [-0.2, -0.15) is 0 Å². The number of allylic oxidation sites excluding steroid dienone is 1. The Bertz CT molecular complexity index is 559. The fourth-order valence-electron chi connectivity index (χ4n) is 3.35. The Morgan fingerprint density at radius 1 is 1.17 bits per heavy atom. The van der Waals surface area contributed by atoms with Crippen molar-refractivity contribution in [1.29, 1.82) is 0 Å². The molecular formula is C18H28N4OS. The van der Waals surface area contributed by atoms with Gasteiger partial charge < -0.3 is 9.88 Å². The monoisotopic (exact) mass is 348 g/mol. The largest absolute Gasteiger partial charge is 0.353 e. The standard InChI is InChI=1S/C18H28N4OS/c1-2-12-22-17(14-10-11-14)20-21-18(22)24-13-16(23)19-15-8-6-4-3-5-7-9-15/h2,14-15H,1,3-13H2,(H,19,23). The molecule has 0 bridgehead atoms. The smallest absolute Gasteiger partial charge is 0.230 e. The van der Waals surface area contributed by atoms with Crippen LogP contribution in [0.4, 0.5) is 0 Å². The maximum atomic E-state index is 12.3. The first-order chi connectivity index (χ1) is 11.8. The molecule has 1 aromatic rings. The summed E-state index contributed by atoms with van der Waals surface area (Å²) in [4.78, 5) is 12.3. The van der Waals surface area contributed by atoms with Gasteiger partial charge in [0, 0.05) is 18.5 Å². The third-order valence-electron chi connectivity index (χ3n) is 4.80. The molecule has 0 radical (unpaired) electrons. The summed E-state index contributed by atoms with van der Waals surface area (Å²) in [7, 11) is 0. The van der Waals surface area contributed by atoms with Crippen LogP contribution in [0.15, 0.2) is 17.8 Å². The Kier molecular flexibility index (Phi) is 6.35. The van der Waals surface area contributed by atoms with Crippen LogP contribution < -0.4 is 5.32 Å². The third-order valence-corrected chi connectivity index (χ3v) is 5.77. The molecule has 0 saturated heterocycles. The molecule has 5 nitrogen and oxygen atoms in total. The zero-order valence-corrected chi connectivity index (χ0v) is 15.2. The van der Waals surface area contributed by atoms with Crippen LogP contribution in [-0.4, -0.2) is 32.5 Å². The van der Waals surface area contributed by atoms with Crippen molar-refractivity contribution in [3.63, 3.8) is 0 Å². The summed E-state index contributed by atoms with van der Waals surface area (Å²) >= 11 is 1.49. The Labute approximate surface area is 148 Å². The number of aromatic nitrogens is 3. The molecule has 0 atom stereocenters. The van der Waals surface area contributed by atoms with Crippen molar-refractivity contribution < 1.29 is 4.79 Å². The summed E-state index contributed by atoms with van der Waals surface area (Å²) in [5.41, 5.74) is 0. The van der Waals surface area contributed by atoms with Crippen molar-refractivity contribution in [2.45, 2.75) is 81.4 Å². The fourth-order valence-corrected chi connectivity index (χ4v) is 4.12. The number of carbonyl (C=O) groups is 1. The Balaban J connectivity index is 1.51. The van der Waals surface area contributed by atoms with Crippen LogP contribution in [0.2, 0.25) is 0 Å². The molecule has 6 heteroatoms. The molecule has 2 saturated carbocycles. The normalized spacial score (nSPS) is 19.5. The molecule has 3 rings (SSSR count). The molecule has 1 heterocycles. The van der Waals surface area contributed by atoms with E-state index in [1.165, 1.54) is 56.7 Å². The topological polar surface area (TPSA) is 59.8 Å². The molecule has 24 heavy (non-hydrogen) atoms. The molecule has 0 unspecified atom stereocenters. The number of hydrogen-bond donors (Lipinski definition) is 1. The quantitative estimate of drug-likeness (QED) is 0.603. The number of thioether (sulfide) groups is 1. The second-order valence-corrected chi connectivity index (χ2v) is 7.86. The number of amides is 1. The summed E-state index contributed by atoms with van der Waals surface area (Å²) in [6, 6.07) is 0.353. The van der Waals surface area contributed by atoms with Crippen molar-refractivity contribution >= 4 is 17.7 Å². The highest BCUT2D eigenvalue weighted by atomic mass is 32.2. The minimum atomic E-state index is 0.117. The lowest BCUT2D eigenvalue weighted by Crippen LogP contribution is -2.36. The molecule has 0 aromatic carbocycles. The highest BCUT2D eigenvalue weighted by Crippen LogP contribution is 2.40. The van der Waals surface area contributed by atoms with E-state index in [1.54, 1.807) is 0 Å². The second kappa shape index (κ2) is 8.70. The summed E-state index contributed by atoms with van der Waals surface area (Å²) in [6.07, 6.45) is 12.9. The van der Waals surface area contributed by atoms with E-state index in [1.807, 2.05) is 6.08 Å². The van der Waals surface area contributed by atoms with Crippen LogP contribution in [0, 0.1) is 0 Å². The van der Waals surface area contributed by atoms with Crippen molar-refractivity contribution in [2.75, 3.05) is 5.75 Å². The summed E-state index contributed by atoms with van der Waals surface area (Å²) in [5, 5.41) is 12.7. The van der Waals surface area contributed by atoms with Crippen molar-refractivity contribution in [3.8, 4) is 0 Å². The van der Waals surface area contributed by atoms with Gasteiger partial charge >= 0.3 is 0 Å². The van der Waals surface area contributed by atoms with E-state index in [0.29, 0.717) is 24.3 Å². The van der Waals surface area contributed by atoms with Gasteiger partial charge in [-0.25, -0.2) is 0 Å². The number of nitrogens with zero attached hydrogens (tertiary/aromatic N) is 3. The van der Waals surface area contributed by atoms with Gasteiger partial charge in [-0.3, -0.25) is 4.79 Å². The zero-order valence-electron chi connectivity index (χ0n) is 14.4. The minimum Gasteiger partial charge on any atom is -0.353 e. The van der Waals surface area contributed by atoms with Crippen LogP contribution in [0.25, 0.3) is 0 Å². The minimum absolute atomic E-state index is 0.117. The summed E-state index contributed by atoms with van der Waals surface area (Å²) in [6.45, 7) is 4.54. The number of hydrogen-bond acceptors (Lipinski definition) is 4. The number of rotatable bonds is 7. The lowest BCUT2D eigenvalue weighted by Gasteiger charge is -2.20. The summed E-state index contributed by atoms with van der Waals surface area (Å²) in [5.74, 6) is 2.14. The molecule has 2 aliphatic rings. The third kappa shape index (κ3) is 4.85. The van der Waals surface area contributed by atoms with E-state index in [9.17, 15) is 4.79 Å². The first-order valence-electron chi connectivity index (χ1n) is 9.24. The van der Waals surface area contributed by atoms with Gasteiger partial charge in [0.05, 0.1) is 5.75 Å². The first kappa shape index (κ1) is 17.5. The van der Waals surface area contributed by atoms with Crippen molar-refractivity contribution in [3.05, 3.63) is 18.5 Å². The van der Waals surface area contributed by atoms with Crippen molar-refractivity contribution in [1.82, 2.24) is 20.1 Å². The fraction of sp³-hybridized carbons (Fsp3) is 0.722. The van der Waals surface area contributed by atoms with Gasteiger partial charge in [0.15, 0.2) is 5.16 Å². The number of carbonyl (C=O) groups excluding carboxylic acids is 1. The highest BCUT2D eigenvalue weighted by molar-refractivity contribution is 7.99. The first-order valence-corrected chi connectivity index (χ1v) is 10.2. The van der Waals surface area contributed by atoms with E-state index >= 15 is 0 Å². The average Bonchev–Trinajstić information content (AvgIpc) is 3.31. The Morgan fingerprint density at radius 3 is 2.54 bits per heavy atom. The highest BCUT2D eigenvalue weighted by Gasteiger charge is 2.30. The van der Waals surface area contributed by atoms with E-state index < -0.39 is 0 Å². The van der Waals surface area contributed by atoms with E-state index in [0.717, 1.165) is 23.8 Å². The maximum Gasteiger partial charge on any atom is 0.230 e. The van der Waals surface area contributed by atoms with Crippen LogP contribution in [0.3, 0.4) is 0 Å². The van der Waals surface area contributed by atoms with E-state index in [2.05, 4.69) is 26.7 Å². The summed E-state index contributed by atoms with van der Waals surface area (Å²) < 4.78 is 2.11. The van der Waals surface area contributed by atoms with Crippen LogP contribution in [0.5, 0.6) is 0 Å². The van der Waals surface area contributed by atoms with Crippen LogP contribution in [-0.2, 0) is 11.3 Å². The predicted octanol–water partition coefficient (Wildman–Crippen LogP) is 3.66. The van der Waals surface area contributed by atoms with Crippen LogP contribution in [0.1, 0.15) is 69.5 Å². The molecule has 1 aromatic heterocycles. The Hall–Kier alpha value is -1.30. The number of nitrogens with one attached hydrogen (secondary N) is 1. The molecule has 0 spiro atoms. The Morgan fingerprint density at radius 2 is 1.88 bits per heavy atom. The molecule has 2 aliphatic carbocycles. The zero-order chi connectivity index (χ0) is 16.8. The average molecular weight is 349 g/mol. The second-order valence-electron chi connectivity index (χ2n) is 6.91. The van der Waals surface area contributed by atoms with Gasteiger partial charge in [-0.05, 0) is 25.7 Å². The molecule has 1 amide bonds. The maximum absolute atomic E-state index is 12.3. The SMILES string of the molecule is C=CCn1c(SCC(=O)NC2CCCCCCC2)nnc1C1CC1. The van der Waals surface area contributed by atoms with Gasteiger partial charge in [0.25, 0.3) is 0 Å². The van der Waals surface area contributed by atoms with Gasteiger partial charge in [0.2, 0.25) is 5.91 Å². The predicted molar refractivity (Wildman–Crippen MR) is 97.2 cm³/mol. The van der Waals surface area contributed by atoms with Gasteiger partial charge in [-0.1, -0.05) is 49.9 Å². The van der Waals surface area contributed by atoms with Crippen molar-refractivity contribution in [2.24, 2.45) is 0 Å². The molecule has 132 valence electrons. The lowest BCUT2D eigenvalue weighted by atomic mass is 9.97.